The van der Waals surface area contributed by atoms with Crippen molar-refractivity contribution in [1.82, 2.24) is 15.2 Å². The number of anilines is 1. The van der Waals surface area contributed by atoms with Crippen molar-refractivity contribution in [3.8, 4) is 0 Å². The molecule has 0 radical (unpaired) electrons. The molecule has 0 fully saturated rings. The summed E-state index contributed by atoms with van der Waals surface area (Å²) < 4.78 is 0. The smallest absolute Gasteiger partial charge is 0.185 e. The second kappa shape index (κ2) is 6.83. The molecule has 0 aliphatic rings. The highest BCUT2D eigenvalue weighted by Crippen LogP contribution is 2.19. The van der Waals surface area contributed by atoms with E-state index in [2.05, 4.69) is 29.3 Å². The predicted octanol–water partition coefficient (Wildman–Crippen LogP) is 1.25. The first kappa shape index (κ1) is 13.4. The molecular formula is C11H22N4S. The molecule has 0 aliphatic heterocycles. The third-order valence-electron chi connectivity index (χ3n) is 2.18. The Morgan fingerprint density at radius 1 is 1.31 bits per heavy atom. The van der Waals surface area contributed by atoms with Crippen molar-refractivity contribution in [2.24, 2.45) is 0 Å². The van der Waals surface area contributed by atoms with E-state index in [0.717, 1.165) is 24.8 Å². The normalized spacial score (nSPS) is 11.1. The summed E-state index contributed by atoms with van der Waals surface area (Å²) in [6.45, 7) is 3.13. The van der Waals surface area contributed by atoms with Crippen LogP contribution in [0.3, 0.4) is 0 Å². The lowest BCUT2D eigenvalue weighted by Gasteiger charge is -2.09. The molecule has 0 spiro atoms. The molecule has 16 heavy (non-hydrogen) atoms. The molecule has 1 aromatic rings. The van der Waals surface area contributed by atoms with Crippen molar-refractivity contribution in [3.63, 3.8) is 0 Å². The lowest BCUT2D eigenvalue weighted by atomic mass is 10.4. The second-order valence-electron chi connectivity index (χ2n) is 4.34. The first-order chi connectivity index (χ1) is 7.59. The highest BCUT2D eigenvalue weighted by atomic mass is 32.1. The summed E-state index contributed by atoms with van der Waals surface area (Å²) in [7, 11) is 8.25. The van der Waals surface area contributed by atoms with Gasteiger partial charge in [0.05, 0.1) is 0 Å². The summed E-state index contributed by atoms with van der Waals surface area (Å²) >= 11 is 1.75. The van der Waals surface area contributed by atoms with Crippen LogP contribution < -0.4 is 10.2 Å². The number of nitrogens with zero attached hydrogens (tertiary/aromatic N) is 3. The zero-order valence-electron chi connectivity index (χ0n) is 10.7. The molecule has 1 N–H and O–H groups in total. The monoisotopic (exact) mass is 242 g/mol. The van der Waals surface area contributed by atoms with Gasteiger partial charge in [-0.25, -0.2) is 4.98 Å². The highest BCUT2D eigenvalue weighted by molar-refractivity contribution is 7.15. The first-order valence-corrected chi connectivity index (χ1v) is 6.38. The Bertz CT molecular complexity index is 296. The fraction of sp³-hybridized carbons (Fsp3) is 0.727. The molecule has 1 heterocycles. The topological polar surface area (TPSA) is 31.4 Å². The maximum Gasteiger partial charge on any atom is 0.185 e. The van der Waals surface area contributed by atoms with Gasteiger partial charge >= 0.3 is 0 Å². The number of hydrogen-bond donors (Lipinski definition) is 1. The Morgan fingerprint density at radius 3 is 2.62 bits per heavy atom. The minimum atomic E-state index is 0.929. The molecule has 92 valence electrons. The van der Waals surface area contributed by atoms with Crippen molar-refractivity contribution in [1.29, 1.82) is 0 Å². The van der Waals surface area contributed by atoms with Crippen LogP contribution in [0.5, 0.6) is 0 Å². The van der Waals surface area contributed by atoms with Crippen molar-refractivity contribution < 1.29 is 0 Å². The number of thiazole rings is 1. The highest BCUT2D eigenvalue weighted by Gasteiger charge is 2.02. The van der Waals surface area contributed by atoms with E-state index >= 15 is 0 Å². The van der Waals surface area contributed by atoms with Gasteiger partial charge in [0, 0.05) is 31.7 Å². The molecule has 0 aliphatic carbocycles. The Labute approximate surface area is 102 Å². The minimum absolute atomic E-state index is 0.929. The SMILES string of the molecule is CN(C)CCCNCc1cnc(N(C)C)s1. The Morgan fingerprint density at radius 2 is 2.06 bits per heavy atom. The van der Waals surface area contributed by atoms with E-state index in [0.29, 0.717) is 0 Å². The van der Waals surface area contributed by atoms with Gasteiger partial charge in [0.1, 0.15) is 0 Å². The summed E-state index contributed by atoms with van der Waals surface area (Å²) in [6.07, 6.45) is 3.14. The van der Waals surface area contributed by atoms with E-state index < -0.39 is 0 Å². The fourth-order valence-corrected chi connectivity index (χ4v) is 2.12. The van der Waals surface area contributed by atoms with Crippen molar-refractivity contribution >= 4 is 16.5 Å². The number of rotatable bonds is 7. The Kier molecular flexibility index (Phi) is 5.73. The van der Waals surface area contributed by atoms with Crippen LogP contribution in [0.25, 0.3) is 0 Å². The van der Waals surface area contributed by atoms with Crippen LogP contribution in [-0.2, 0) is 6.54 Å². The van der Waals surface area contributed by atoms with Gasteiger partial charge in [-0.15, -0.1) is 11.3 Å². The van der Waals surface area contributed by atoms with E-state index in [1.54, 1.807) is 11.3 Å². The molecule has 4 nitrogen and oxygen atoms in total. The van der Waals surface area contributed by atoms with Crippen LogP contribution in [0.2, 0.25) is 0 Å². The average molecular weight is 242 g/mol. The molecule has 0 bridgehead atoms. The number of nitrogens with one attached hydrogen (secondary N) is 1. The van der Waals surface area contributed by atoms with Crippen LogP contribution >= 0.6 is 11.3 Å². The van der Waals surface area contributed by atoms with Crippen LogP contribution in [-0.4, -0.2) is 51.2 Å². The number of hydrogen-bond acceptors (Lipinski definition) is 5. The van der Waals surface area contributed by atoms with Crippen LogP contribution in [0.4, 0.5) is 5.13 Å². The lowest BCUT2D eigenvalue weighted by Crippen LogP contribution is -2.20. The average Bonchev–Trinajstić information content (AvgIpc) is 2.65. The predicted molar refractivity (Wildman–Crippen MR) is 71.3 cm³/mol. The van der Waals surface area contributed by atoms with Crippen molar-refractivity contribution in [2.75, 3.05) is 46.2 Å². The van der Waals surface area contributed by atoms with E-state index in [4.69, 9.17) is 0 Å². The van der Waals surface area contributed by atoms with Gasteiger partial charge in [0.25, 0.3) is 0 Å². The van der Waals surface area contributed by atoms with Gasteiger partial charge in [-0.3, -0.25) is 0 Å². The summed E-state index contributed by atoms with van der Waals surface area (Å²) in [6, 6.07) is 0. The third kappa shape index (κ3) is 4.92. The molecule has 5 heteroatoms. The third-order valence-corrected chi connectivity index (χ3v) is 3.35. The molecular weight excluding hydrogens is 220 g/mol. The van der Waals surface area contributed by atoms with Gasteiger partial charge in [-0.2, -0.15) is 0 Å². The standard InChI is InChI=1S/C11H22N4S/c1-14(2)7-5-6-12-8-10-9-13-11(16-10)15(3)4/h9,12H,5-8H2,1-4H3. The fourth-order valence-electron chi connectivity index (χ4n) is 1.32. The lowest BCUT2D eigenvalue weighted by molar-refractivity contribution is 0.394. The van der Waals surface area contributed by atoms with E-state index in [1.165, 1.54) is 11.3 Å². The van der Waals surface area contributed by atoms with Crippen LogP contribution in [0.15, 0.2) is 6.20 Å². The molecule has 0 unspecified atom stereocenters. The molecule has 1 rings (SSSR count). The van der Waals surface area contributed by atoms with Gasteiger partial charge in [0.15, 0.2) is 5.13 Å². The zero-order chi connectivity index (χ0) is 12.0. The molecule has 0 saturated carbocycles. The zero-order valence-corrected chi connectivity index (χ0v) is 11.5. The van der Waals surface area contributed by atoms with Gasteiger partial charge in [0.2, 0.25) is 0 Å². The van der Waals surface area contributed by atoms with E-state index in [9.17, 15) is 0 Å². The molecule has 0 atom stereocenters. The van der Waals surface area contributed by atoms with Crippen LogP contribution in [0, 0.1) is 0 Å². The van der Waals surface area contributed by atoms with Crippen molar-refractivity contribution in [2.45, 2.75) is 13.0 Å². The summed E-state index contributed by atoms with van der Waals surface area (Å²) in [5.41, 5.74) is 0. The van der Waals surface area contributed by atoms with Gasteiger partial charge in [-0.05, 0) is 33.6 Å². The second-order valence-corrected chi connectivity index (χ2v) is 5.43. The van der Waals surface area contributed by atoms with E-state index in [1.807, 2.05) is 25.2 Å². The quantitative estimate of drug-likeness (QED) is 0.729. The summed E-state index contributed by atoms with van der Waals surface area (Å²) in [5, 5.41) is 4.51. The Hall–Kier alpha value is -0.650. The largest absolute Gasteiger partial charge is 0.354 e. The maximum absolute atomic E-state index is 4.34. The summed E-state index contributed by atoms with van der Waals surface area (Å²) in [4.78, 5) is 9.89. The minimum Gasteiger partial charge on any atom is -0.354 e. The maximum atomic E-state index is 4.34. The molecule has 1 aromatic heterocycles. The Balaban J connectivity index is 2.17. The van der Waals surface area contributed by atoms with E-state index in [-0.39, 0.29) is 0 Å². The van der Waals surface area contributed by atoms with Crippen molar-refractivity contribution in [3.05, 3.63) is 11.1 Å². The number of aromatic nitrogens is 1. The van der Waals surface area contributed by atoms with Gasteiger partial charge in [-0.1, -0.05) is 0 Å². The van der Waals surface area contributed by atoms with Gasteiger partial charge < -0.3 is 15.1 Å². The molecule has 0 saturated heterocycles. The summed E-state index contributed by atoms with van der Waals surface area (Å²) in [5.74, 6) is 0. The molecule has 0 amide bonds. The first-order valence-electron chi connectivity index (χ1n) is 5.57. The molecule has 0 aromatic carbocycles. The van der Waals surface area contributed by atoms with Crippen LogP contribution in [0.1, 0.15) is 11.3 Å².